The number of ketones is 2. The summed E-state index contributed by atoms with van der Waals surface area (Å²) < 4.78 is 34.1. The Morgan fingerprint density at radius 3 is 2.44 bits per heavy atom. The van der Waals surface area contributed by atoms with Crippen LogP contribution in [0.3, 0.4) is 0 Å². The van der Waals surface area contributed by atoms with Gasteiger partial charge in [0, 0.05) is 88.8 Å². The number of aromatic amines is 1. The summed E-state index contributed by atoms with van der Waals surface area (Å²) in [5, 5.41) is 1.15. The van der Waals surface area contributed by atoms with Crippen LogP contribution in [0.5, 0.6) is 5.75 Å². The Labute approximate surface area is 344 Å². The van der Waals surface area contributed by atoms with Crippen molar-refractivity contribution in [2.45, 2.75) is 109 Å². The molecular formula is C46H55F2N7O4. The molecule has 59 heavy (non-hydrogen) atoms. The zero-order valence-corrected chi connectivity index (χ0v) is 34.4. The molecule has 9 rings (SSSR count). The number of ether oxygens (including phenoxy) is 1. The molecule has 1 amide bonds. The van der Waals surface area contributed by atoms with Crippen LogP contribution in [0.25, 0.3) is 10.9 Å². The van der Waals surface area contributed by atoms with Gasteiger partial charge in [-0.3, -0.25) is 14.5 Å². The first-order valence-electron chi connectivity index (χ1n) is 21.5. The predicted octanol–water partition coefficient (Wildman–Crippen LogP) is 6.87. The van der Waals surface area contributed by atoms with E-state index in [4.69, 9.17) is 14.7 Å². The zero-order chi connectivity index (χ0) is 41.0. The number of carbonyl (C=O) groups excluding carboxylic acids is 3. The maximum Gasteiger partial charge on any atom is 0.255 e. The van der Waals surface area contributed by atoms with Crippen LogP contribution >= 0.6 is 0 Å². The quantitative estimate of drug-likeness (QED) is 0.173. The molecule has 11 nitrogen and oxygen atoms in total. The number of carbonyl (C=O) groups is 3. The number of alkyl halides is 2. The second kappa shape index (κ2) is 16.0. The van der Waals surface area contributed by atoms with E-state index in [9.17, 15) is 23.2 Å². The first-order chi connectivity index (χ1) is 28.5. The number of hydrogen-bond donors (Lipinski definition) is 1. The van der Waals surface area contributed by atoms with Crippen LogP contribution in [0, 0.1) is 5.92 Å². The molecule has 3 atom stereocenters. The monoisotopic (exact) mass is 807 g/mol. The highest BCUT2D eigenvalue weighted by atomic mass is 19.3. The number of fused-ring (bicyclic) bond motifs is 7. The van der Waals surface area contributed by atoms with E-state index in [1.54, 1.807) is 4.90 Å². The van der Waals surface area contributed by atoms with Crippen LogP contribution in [0.4, 0.5) is 14.7 Å². The van der Waals surface area contributed by atoms with Gasteiger partial charge in [-0.15, -0.1) is 0 Å². The van der Waals surface area contributed by atoms with E-state index in [2.05, 4.69) is 26.9 Å². The van der Waals surface area contributed by atoms with Gasteiger partial charge in [0.2, 0.25) is 5.95 Å². The molecule has 2 unspecified atom stereocenters. The number of halogens is 2. The third-order valence-electron chi connectivity index (χ3n) is 14.2. The number of H-pyrrole nitrogens is 1. The van der Waals surface area contributed by atoms with Crippen molar-refractivity contribution in [1.82, 2.24) is 29.7 Å². The summed E-state index contributed by atoms with van der Waals surface area (Å²) in [5.41, 5.74) is 6.67. The second-order valence-electron chi connectivity index (χ2n) is 17.8. The minimum absolute atomic E-state index is 0.000875. The molecule has 0 aliphatic carbocycles. The van der Waals surface area contributed by atoms with Gasteiger partial charge in [0.15, 0.2) is 5.78 Å². The van der Waals surface area contributed by atoms with Crippen LogP contribution in [-0.2, 0) is 28.0 Å². The number of nitrogens with zero attached hydrogens (tertiary/aromatic N) is 6. The third kappa shape index (κ3) is 7.42. The molecule has 1 spiro atoms. The van der Waals surface area contributed by atoms with Gasteiger partial charge in [0.1, 0.15) is 11.5 Å². The molecule has 7 heterocycles. The second-order valence-corrected chi connectivity index (χ2v) is 17.8. The minimum atomic E-state index is -2.45. The molecule has 2 aromatic heterocycles. The maximum absolute atomic E-state index is 13.9. The number of amides is 1. The normalized spacial score (nSPS) is 22.7. The first kappa shape index (κ1) is 39.7. The van der Waals surface area contributed by atoms with Gasteiger partial charge in [-0.05, 0) is 102 Å². The van der Waals surface area contributed by atoms with Gasteiger partial charge in [-0.25, -0.2) is 18.7 Å². The Morgan fingerprint density at radius 1 is 0.983 bits per heavy atom. The number of hydrogen-bond acceptors (Lipinski definition) is 9. The maximum atomic E-state index is 13.9. The molecule has 5 aliphatic heterocycles. The molecular weight excluding hydrogens is 753 g/mol. The van der Waals surface area contributed by atoms with E-state index in [1.165, 1.54) is 25.0 Å². The summed E-state index contributed by atoms with van der Waals surface area (Å²) in [4.78, 5) is 59.5. The van der Waals surface area contributed by atoms with Crippen molar-refractivity contribution in [1.29, 1.82) is 0 Å². The van der Waals surface area contributed by atoms with Gasteiger partial charge in [-0.2, -0.15) is 0 Å². The van der Waals surface area contributed by atoms with E-state index >= 15 is 0 Å². The summed E-state index contributed by atoms with van der Waals surface area (Å²) >= 11 is 0. The number of anilines is 1. The van der Waals surface area contributed by atoms with E-state index in [0.717, 1.165) is 98.3 Å². The average molecular weight is 808 g/mol. The van der Waals surface area contributed by atoms with Crippen LogP contribution in [-0.4, -0.2) is 112 Å². The number of aromatic nitrogens is 3. The lowest BCUT2D eigenvalue weighted by atomic mass is 9.68. The summed E-state index contributed by atoms with van der Waals surface area (Å²) in [7, 11) is 0. The smallest absolute Gasteiger partial charge is 0.255 e. The van der Waals surface area contributed by atoms with Gasteiger partial charge in [0.25, 0.3) is 12.3 Å². The number of likely N-dealkylation sites (tertiary alicyclic amines) is 1. The summed E-state index contributed by atoms with van der Waals surface area (Å²) in [6.07, 6.45) is 7.65. The van der Waals surface area contributed by atoms with Crippen LogP contribution in [0.1, 0.15) is 110 Å². The van der Waals surface area contributed by atoms with Crippen molar-refractivity contribution in [2.75, 3.05) is 50.8 Å². The summed E-state index contributed by atoms with van der Waals surface area (Å²) in [6.45, 7) is 10.5. The lowest BCUT2D eigenvalue weighted by Crippen LogP contribution is -2.47. The van der Waals surface area contributed by atoms with Gasteiger partial charge in [0.05, 0.1) is 31.8 Å². The Hall–Kier alpha value is -4.75. The van der Waals surface area contributed by atoms with Gasteiger partial charge >= 0.3 is 0 Å². The number of piperidine rings is 2. The highest BCUT2D eigenvalue weighted by Gasteiger charge is 2.45. The number of rotatable bonds is 11. The average Bonchev–Trinajstić information content (AvgIpc) is 3.76. The molecule has 1 N–H and O–H groups in total. The molecule has 312 valence electrons. The highest BCUT2D eigenvalue weighted by Crippen LogP contribution is 2.50. The molecule has 4 aromatic rings. The first-order valence-corrected chi connectivity index (χ1v) is 21.5. The Morgan fingerprint density at radius 2 is 1.73 bits per heavy atom. The van der Waals surface area contributed by atoms with Crippen LogP contribution in [0.15, 0.2) is 48.8 Å². The fraction of sp³-hybridized carbons (Fsp3) is 0.543. The topological polar surface area (TPSA) is 115 Å². The predicted molar refractivity (Wildman–Crippen MR) is 221 cm³/mol. The van der Waals surface area contributed by atoms with Crippen molar-refractivity contribution in [2.24, 2.45) is 5.92 Å². The lowest BCUT2D eigenvalue weighted by molar-refractivity contribution is -0.122. The fourth-order valence-electron chi connectivity index (χ4n) is 10.9. The van der Waals surface area contributed by atoms with E-state index < -0.39 is 12.5 Å². The van der Waals surface area contributed by atoms with Crippen molar-refractivity contribution in [3.05, 3.63) is 82.3 Å². The SMILES string of the molecule is CC(=O)CCC(C(C)=O)N1Cc2c(ccc3c2OCCC32CCN(CC3CCN(c4ncc(C5c6[nH]c7ccccc7c6C[C@@H](C)N5CC(F)F)cn4)CC3)CC2)C1=O. The van der Waals surface area contributed by atoms with Gasteiger partial charge < -0.3 is 29.2 Å². The standard InChI is InChI=1S/C46H55F2N7O4/c1-28-22-35-33-6-4-5-7-38(33)51-41(35)42(54(28)27-40(47)48)32-23-49-45(50-24-32)53-17-12-31(13-18-53)25-52-19-14-46(15-20-52)16-21-59-43-36-26-55(39(30(3)57)11-8-29(2)56)44(58)34(36)9-10-37(43)46/h4-7,9-10,23-24,28,31,39-40,42,51H,8,11-22,25-27H2,1-3H3/t28-,39?,42?/m1/s1. The molecule has 2 fully saturated rings. The van der Waals surface area contributed by atoms with E-state index in [-0.39, 0.29) is 47.9 Å². The van der Waals surface area contributed by atoms with Gasteiger partial charge in [-0.1, -0.05) is 24.3 Å². The van der Waals surface area contributed by atoms with Crippen molar-refractivity contribution in [3.63, 3.8) is 0 Å². The molecule has 0 saturated carbocycles. The molecule has 13 heteroatoms. The number of benzene rings is 2. The highest BCUT2D eigenvalue weighted by molar-refractivity contribution is 6.02. The Kier molecular flexibility index (Phi) is 10.8. The van der Waals surface area contributed by atoms with E-state index in [0.29, 0.717) is 43.4 Å². The number of Topliss-reactive ketones (excluding diaryl/α,β-unsaturated/α-hetero) is 2. The largest absolute Gasteiger partial charge is 0.493 e. The molecule has 0 radical (unpaired) electrons. The Balaban J connectivity index is 0.820. The zero-order valence-electron chi connectivity index (χ0n) is 34.4. The van der Waals surface area contributed by atoms with Crippen LogP contribution in [0.2, 0.25) is 0 Å². The Bertz CT molecular complexity index is 2230. The molecule has 0 bridgehead atoms. The number of nitrogens with one attached hydrogen (secondary N) is 1. The number of para-hydroxylation sites is 1. The lowest BCUT2D eigenvalue weighted by Gasteiger charge is -2.46. The van der Waals surface area contributed by atoms with Crippen LogP contribution < -0.4 is 9.64 Å². The summed E-state index contributed by atoms with van der Waals surface area (Å²) in [5.74, 6) is 1.85. The van der Waals surface area contributed by atoms with E-state index in [1.807, 2.05) is 48.5 Å². The third-order valence-corrected chi connectivity index (χ3v) is 14.2. The van der Waals surface area contributed by atoms with Crippen molar-refractivity contribution >= 4 is 34.3 Å². The van der Waals surface area contributed by atoms with Crippen molar-refractivity contribution in [3.8, 4) is 5.75 Å². The fourth-order valence-corrected chi connectivity index (χ4v) is 10.9. The summed E-state index contributed by atoms with van der Waals surface area (Å²) in [6, 6.07) is 11.1. The van der Waals surface area contributed by atoms with Crippen molar-refractivity contribution < 1.29 is 27.9 Å². The molecule has 2 saturated heterocycles. The minimum Gasteiger partial charge on any atom is -0.493 e. The molecule has 5 aliphatic rings. The molecule has 2 aromatic carbocycles.